The number of imidazole rings is 1. The van der Waals surface area contributed by atoms with Crippen molar-refractivity contribution < 1.29 is 19.0 Å². The summed E-state index contributed by atoms with van der Waals surface area (Å²) in [6, 6.07) is 9.27. The van der Waals surface area contributed by atoms with Crippen LogP contribution in [0.25, 0.3) is 16.7 Å². The van der Waals surface area contributed by atoms with Gasteiger partial charge in [0.2, 0.25) is 5.75 Å². The maximum absolute atomic E-state index is 12.5. The number of hydrogen-bond acceptors (Lipinski definition) is 5. The minimum Gasteiger partial charge on any atom is -0.493 e. The van der Waals surface area contributed by atoms with Gasteiger partial charge in [-0.05, 0) is 24.6 Å². The van der Waals surface area contributed by atoms with Gasteiger partial charge in [-0.25, -0.2) is 4.98 Å². The van der Waals surface area contributed by atoms with Gasteiger partial charge in [0.1, 0.15) is 6.33 Å². The number of benzene rings is 2. The Morgan fingerprint density at radius 1 is 0.968 bits per heavy atom. The number of fused-ring (bicyclic) bond motifs is 1. The highest BCUT2D eigenvalue weighted by atomic mass is 16.5. The van der Waals surface area contributed by atoms with Crippen LogP contribution in [0.1, 0.15) is 49.4 Å². The molecule has 1 aromatic heterocycles. The van der Waals surface area contributed by atoms with Gasteiger partial charge < -0.3 is 19.5 Å². The lowest BCUT2D eigenvalue weighted by Crippen LogP contribution is -2.24. The minimum atomic E-state index is -0.0697. The molecule has 1 heterocycles. The van der Waals surface area contributed by atoms with E-state index in [-0.39, 0.29) is 5.91 Å². The predicted molar refractivity (Wildman–Crippen MR) is 122 cm³/mol. The van der Waals surface area contributed by atoms with E-state index in [1.807, 2.05) is 34.9 Å². The zero-order chi connectivity index (χ0) is 22.2. The van der Waals surface area contributed by atoms with Crippen LogP contribution in [-0.2, 0) is 0 Å². The van der Waals surface area contributed by atoms with E-state index in [1.165, 1.54) is 19.3 Å². The molecule has 0 fully saturated rings. The second-order valence-corrected chi connectivity index (χ2v) is 7.37. The molecule has 0 bridgehead atoms. The molecule has 7 nitrogen and oxygen atoms in total. The topological polar surface area (TPSA) is 74.6 Å². The first-order valence-electron chi connectivity index (χ1n) is 10.7. The van der Waals surface area contributed by atoms with E-state index < -0.39 is 0 Å². The quantitative estimate of drug-likeness (QED) is 0.449. The smallest absolute Gasteiger partial charge is 0.251 e. The van der Waals surface area contributed by atoms with Crippen molar-refractivity contribution in [2.75, 3.05) is 27.9 Å². The summed E-state index contributed by atoms with van der Waals surface area (Å²) in [7, 11) is 4.74. The first-order chi connectivity index (χ1) is 15.1. The van der Waals surface area contributed by atoms with Crippen molar-refractivity contribution in [3.63, 3.8) is 0 Å². The van der Waals surface area contributed by atoms with Crippen molar-refractivity contribution in [3.8, 4) is 22.9 Å². The van der Waals surface area contributed by atoms with E-state index in [1.54, 1.807) is 27.7 Å². The van der Waals surface area contributed by atoms with Crippen LogP contribution in [0.3, 0.4) is 0 Å². The maximum Gasteiger partial charge on any atom is 0.251 e. The van der Waals surface area contributed by atoms with Crippen molar-refractivity contribution in [1.82, 2.24) is 14.9 Å². The van der Waals surface area contributed by atoms with E-state index in [2.05, 4.69) is 17.2 Å². The summed E-state index contributed by atoms with van der Waals surface area (Å²) in [5.74, 6) is 1.59. The van der Waals surface area contributed by atoms with Gasteiger partial charge in [0.25, 0.3) is 5.91 Å². The average molecular weight is 426 g/mol. The molecule has 1 amide bonds. The molecule has 0 atom stereocenters. The number of carbonyl (C=O) groups is 1. The lowest BCUT2D eigenvalue weighted by Gasteiger charge is -2.15. The number of ether oxygens (including phenoxy) is 3. The number of aromatic nitrogens is 2. The summed E-state index contributed by atoms with van der Waals surface area (Å²) in [5, 5.41) is 3.00. The molecular weight excluding hydrogens is 394 g/mol. The Hall–Kier alpha value is -3.22. The minimum absolute atomic E-state index is 0.0697. The van der Waals surface area contributed by atoms with Crippen molar-refractivity contribution in [1.29, 1.82) is 0 Å². The highest BCUT2D eigenvalue weighted by molar-refractivity contribution is 5.97. The van der Waals surface area contributed by atoms with E-state index in [4.69, 9.17) is 14.2 Å². The van der Waals surface area contributed by atoms with Gasteiger partial charge in [-0.15, -0.1) is 0 Å². The molecule has 7 heteroatoms. The number of amides is 1. The molecular formula is C24H31N3O4. The van der Waals surface area contributed by atoms with Gasteiger partial charge in [0, 0.05) is 24.2 Å². The summed E-state index contributed by atoms with van der Waals surface area (Å²) < 4.78 is 18.2. The van der Waals surface area contributed by atoms with Gasteiger partial charge in [-0.3, -0.25) is 9.36 Å². The van der Waals surface area contributed by atoms with Gasteiger partial charge in [0.15, 0.2) is 11.5 Å². The summed E-state index contributed by atoms with van der Waals surface area (Å²) in [6.07, 6.45) is 7.56. The van der Waals surface area contributed by atoms with Crippen LogP contribution < -0.4 is 19.5 Å². The zero-order valence-electron chi connectivity index (χ0n) is 18.7. The number of nitrogens with zero attached hydrogens (tertiary/aromatic N) is 2. The Kier molecular flexibility index (Phi) is 7.76. The second-order valence-electron chi connectivity index (χ2n) is 7.37. The predicted octanol–water partition coefficient (Wildman–Crippen LogP) is 4.75. The van der Waals surface area contributed by atoms with Crippen LogP contribution in [-0.4, -0.2) is 43.3 Å². The number of unbranched alkanes of at least 4 members (excludes halogenated alkanes) is 4. The monoisotopic (exact) mass is 425 g/mol. The number of nitrogens with one attached hydrogen (secondary N) is 1. The van der Waals surface area contributed by atoms with Gasteiger partial charge in [0.05, 0.1) is 38.1 Å². The Morgan fingerprint density at radius 2 is 1.68 bits per heavy atom. The molecule has 31 heavy (non-hydrogen) atoms. The van der Waals surface area contributed by atoms with E-state index >= 15 is 0 Å². The molecule has 0 saturated carbocycles. The first kappa shape index (κ1) is 22.5. The number of rotatable bonds is 11. The van der Waals surface area contributed by atoms with Gasteiger partial charge in [-0.2, -0.15) is 0 Å². The second kappa shape index (κ2) is 10.7. The Labute approximate surface area is 183 Å². The van der Waals surface area contributed by atoms with Crippen LogP contribution in [0.2, 0.25) is 0 Å². The molecule has 166 valence electrons. The average Bonchev–Trinajstić information content (AvgIpc) is 3.23. The Bertz CT molecular complexity index is 1000. The zero-order valence-corrected chi connectivity index (χ0v) is 18.7. The molecule has 0 unspecified atom stereocenters. The highest BCUT2D eigenvalue weighted by Crippen LogP contribution is 2.39. The fourth-order valence-corrected chi connectivity index (χ4v) is 3.60. The Balaban J connectivity index is 1.79. The number of hydrogen-bond donors (Lipinski definition) is 1. The highest BCUT2D eigenvalue weighted by Gasteiger charge is 2.16. The summed E-state index contributed by atoms with van der Waals surface area (Å²) in [4.78, 5) is 17.0. The molecule has 3 rings (SSSR count). The number of carbonyl (C=O) groups excluding carboxylic acids is 1. The van der Waals surface area contributed by atoms with Gasteiger partial charge in [-0.1, -0.05) is 32.6 Å². The molecule has 2 aromatic carbocycles. The molecule has 0 spiro atoms. The lowest BCUT2D eigenvalue weighted by atomic mass is 10.1. The standard InChI is InChI=1S/C24H31N3O4/c1-5-6-7-8-9-12-25-24(28)17-10-11-20-19(13-17)26-16-27(20)18-14-21(29-2)23(31-4)22(15-18)30-3/h10-11,13-16H,5-9,12H2,1-4H3,(H,25,28). The normalized spacial score (nSPS) is 10.8. The summed E-state index contributed by atoms with van der Waals surface area (Å²) in [6.45, 7) is 2.89. The van der Waals surface area contributed by atoms with Crippen molar-refractivity contribution in [3.05, 3.63) is 42.2 Å². The number of methoxy groups -OCH3 is 3. The molecule has 0 saturated heterocycles. The van der Waals surface area contributed by atoms with Crippen LogP contribution in [0.5, 0.6) is 17.2 Å². The maximum atomic E-state index is 12.5. The van der Waals surface area contributed by atoms with Crippen LogP contribution in [0.4, 0.5) is 0 Å². The summed E-state index contributed by atoms with van der Waals surface area (Å²) >= 11 is 0. The Morgan fingerprint density at radius 3 is 2.32 bits per heavy atom. The van der Waals surface area contributed by atoms with Crippen LogP contribution in [0, 0.1) is 0 Å². The van der Waals surface area contributed by atoms with E-state index in [9.17, 15) is 4.79 Å². The first-order valence-corrected chi connectivity index (χ1v) is 10.7. The van der Waals surface area contributed by atoms with Crippen LogP contribution >= 0.6 is 0 Å². The molecule has 0 aliphatic heterocycles. The third kappa shape index (κ3) is 5.10. The van der Waals surface area contributed by atoms with Gasteiger partial charge >= 0.3 is 0 Å². The molecule has 0 aliphatic rings. The van der Waals surface area contributed by atoms with Crippen LogP contribution in [0.15, 0.2) is 36.7 Å². The molecule has 0 radical (unpaired) electrons. The summed E-state index contributed by atoms with van der Waals surface area (Å²) in [5.41, 5.74) is 3.05. The van der Waals surface area contributed by atoms with E-state index in [0.717, 1.165) is 29.6 Å². The van der Waals surface area contributed by atoms with Crippen molar-refractivity contribution in [2.45, 2.75) is 39.0 Å². The largest absolute Gasteiger partial charge is 0.493 e. The molecule has 3 aromatic rings. The molecule has 1 N–H and O–H groups in total. The SMILES string of the molecule is CCCCCCCNC(=O)c1ccc2c(c1)ncn2-c1cc(OC)c(OC)c(OC)c1. The fourth-order valence-electron chi connectivity index (χ4n) is 3.60. The lowest BCUT2D eigenvalue weighted by molar-refractivity contribution is 0.0953. The van der Waals surface area contributed by atoms with E-state index in [0.29, 0.717) is 29.4 Å². The van der Waals surface area contributed by atoms with Crippen molar-refractivity contribution >= 4 is 16.9 Å². The third-order valence-corrected chi connectivity index (χ3v) is 5.30. The third-order valence-electron chi connectivity index (χ3n) is 5.30. The molecule has 0 aliphatic carbocycles. The fraction of sp³-hybridized carbons (Fsp3) is 0.417. The van der Waals surface area contributed by atoms with Crippen molar-refractivity contribution in [2.24, 2.45) is 0 Å².